The van der Waals surface area contributed by atoms with Crippen LogP contribution < -0.4 is 10.6 Å². The van der Waals surface area contributed by atoms with Crippen LogP contribution in [0.5, 0.6) is 0 Å². The number of nitrogens with one attached hydrogen (secondary N) is 2. The molecule has 126 valence electrons. The molecule has 0 aliphatic carbocycles. The molecule has 0 saturated heterocycles. The van der Waals surface area contributed by atoms with Gasteiger partial charge in [0.05, 0.1) is 17.7 Å². The highest BCUT2D eigenvalue weighted by Crippen LogP contribution is 2.21. The average molecular weight is 462 g/mol. The van der Waals surface area contributed by atoms with E-state index in [1.807, 2.05) is 12.4 Å². The maximum Gasteiger partial charge on any atom is 0.191 e. The first kappa shape index (κ1) is 20.2. The van der Waals surface area contributed by atoms with E-state index < -0.39 is 0 Å². The molecule has 4 nitrogen and oxygen atoms in total. The number of aryl methyl sites for hydroxylation is 2. The van der Waals surface area contributed by atoms with Crippen LogP contribution in [0.15, 0.2) is 33.6 Å². The normalized spacial score (nSPS) is 11.0. The van der Waals surface area contributed by atoms with Crippen molar-refractivity contribution < 1.29 is 0 Å². The molecule has 7 heteroatoms. The molecule has 1 aromatic carbocycles. The molecule has 0 saturated carbocycles. The highest BCUT2D eigenvalue weighted by Gasteiger charge is 2.05. The number of guanidine groups is 1. The summed E-state index contributed by atoms with van der Waals surface area (Å²) in [5, 5.41) is 6.71. The molecule has 0 aliphatic rings. The Morgan fingerprint density at radius 3 is 2.61 bits per heavy atom. The van der Waals surface area contributed by atoms with Crippen molar-refractivity contribution in [2.75, 3.05) is 13.3 Å². The van der Waals surface area contributed by atoms with Crippen molar-refractivity contribution in [1.29, 1.82) is 0 Å². The van der Waals surface area contributed by atoms with Gasteiger partial charge in [-0.05, 0) is 37.3 Å². The van der Waals surface area contributed by atoms with Crippen molar-refractivity contribution in [3.05, 3.63) is 45.4 Å². The molecule has 0 atom stereocenters. The Hall–Kier alpha value is -0.800. The van der Waals surface area contributed by atoms with Gasteiger partial charge in [-0.2, -0.15) is 0 Å². The van der Waals surface area contributed by atoms with E-state index in [9.17, 15) is 0 Å². The number of nitrogens with zero attached hydrogens (tertiary/aromatic N) is 2. The number of hydrogen-bond acceptors (Lipinski definition) is 4. The Bertz CT molecular complexity index is 655. The van der Waals surface area contributed by atoms with Gasteiger partial charge in [0, 0.05) is 23.4 Å². The van der Waals surface area contributed by atoms with Crippen LogP contribution in [0.2, 0.25) is 0 Å². The van der Waals surface area contributed by atoms with Crippen molar-refractivity contribution in [3.63, 3.8) is 0 Å². The molecule has 2 N–H and O–H groups in total. The third kappa shape index (κ3) is 5.96. The molecular weight excluding hydrogens is 439 g/mol. The standard InChI is InChI=1S/C16H22N4S2.HI/c1-11-5-6-13(14(7-11)21-4)8-18-16(17-3)19-9-15-12(2)20-10-22-15;/h5-7,10H,8-9H2,1-4H3,(H2,17,18,19);1H. The maximum atomic E-state index is 4.28. The van der Waals surface area contributed by atoms with Crippen LogP contribution in [0.4, 0.5) is 0 Å². The summed E-state index contributed by atoms with van der Waals surface area (Å²) < 4.78 is 0. The number of halogens is 1. The van der Waals surface area contributed by atoms with Gasteiger partial charge in [-0.25, -0.2) is 4.98 Å². The monoisotopic (exact) mass is 462 g/mol. The van der Waals surface area contributed by atoms with Gasteiger partial charge < -0.3 is 10.6 Å². The van der Waals surface area contributed by atoms with E-state index in [1.54, 1.807) is 30.1 Å². The summed E-state index contributed by atoms with van der Waals surface area (Å²) >= 11 is 3.44. The fourth-order valence-electron chi connectivity index (χ4n) is 2.06. The second-order valence-electron chi connectivity index (χ2n) is 4.96. The summed E-state index contributed by atoms with van der Waals surface area (Å²) in [5.41, 5.74) is 5.53. The molecule has 2 rings (SSSR count). The van der Waals surface area contributed by atoms with E-state index in [4.69, 9.17) is 0 Å². The molecule has 0 bridgehead atoms. The van der Waals surface area contributed by atoms with Gasteiger partial charge >= 0.3 is 0 Å². The average Bonchev–Trinajstić information content (AvgIpc) is 2.93. The molecule has 0 spiro atoms. The zero-order valence-electron chi connectivity index (χ0n) is 13.8. The second-order valence-corrected chi connectivity index (χ2v) is 6.74. The van der Waals surface area contributed by atoms with E-state index in [2.05, 4.69) is 52.0 Å². The minimum absolute atomic E-state index is 0. The van der Waals surface area contributed by atoms with E-state index >= 15 is 0 Å². The van der Waals surface area contributed by atoms with Crippen LogP contribution in [0.1, 0.15) is 21.7 Å². The Kier molecular flexibility index (Phi) is 8.93. The molecule has 0 fully saturated rings. The SMILES string of the molecule is CN=C(NCc1ccc(C)cc1SC)NCc1scnc1C.I. The molecule has 0 amide bonds. The Morgan fingerprint density at radius 2 is 2.00 bits per heavy atom. The molecular formula is C16H23IN4S2. The maximum absolute atomic E-state index is 4.28. The van der Waals surface area contributed by atoms with Gasteiger partial charge in [-0.15, -0.1) is 47.1 Å². The van der Waals surface area contributed by atoms with E-state index in [1.165, 1.54) is 20.9 Å². The molecule has 2 aromatic rings. The van der Waals surface area contributed by atoms with Crippen molar-refractivity contribution in [1.82, 2.24) is 15.6 Å². The van der Waals surface area contributed by atoms with Crippen LogP contribution in [0.3, 0.4) is 0 Å². The first-order chi connectivity index (χ1) is 10.6. The minimum Gasteiger partial charge on any atom is -0.352 e. The topological polar surface area (TPSA) is 49.3 Å². The zero-order valence-corrected chi connectivity index (χ0v) is 17.8. The first-order valence-corrected chi connectivity index (χ1v) is 9.21. The molecule has 1 heterocycles. The van der Waals surface area contributed by atoms with Crippen LogP contribution in [0, 0.1) is 13.8 Å². The highest BCUT2D eigenvalue weighted by molar-refractivity contribution is 14.0. The van der Waals surface area contributed by atoms with Gasteiger partial charge in [-0.1, -0.05) is 12.1 Å². The van der Waals surface area contributed by atoms with E-state index in [0.717, 1.165) is 24.7 Å². The Morgan fingerprint density at radius 1 is 1.26 bits per heavy atom. The number of thioether (sulfide) groups is 1. The van der Waals surface area contributed by atoms with Crippen LogP contribution in [-0.2, 0) is 13.1 Å². The van der Waals surface area contributed by atoms with Gasteiger partial charge in [0.2, 0.25) is 0 Å². The smallest absolute Gasteiger partial charge is 0.191 e. The lowest BCUT2D eigenvalue weighted by atomic mass is 10.1. The molecule has 0 unspecified atom stereocenters. The predicted molar refractivity (Wildman–Crippen MR) is 112 cm³/mol. The van der Waals surface area contributed by atoms with Crippen molar-refractivity contribution in [3.8, 4) is 0 Å². The van der Waals surface area contributed by atoms with Crippen molar-refractivity contribution in [2.24, 2.45) is 4.99 Å². The summed E-state index contributed by atoms with van der Waals surface area (Å²) in [6, 6.07) is 6.54. The number of rotatable bonds is 5. The van der Waals surface area contributed by atoms with Crippen LogP contribution in [-0.4, -0.2) is 24.2 Å². The van der Waals surface area contributed by atoms with E-state index in [-0.39, 0.29) is 24.0 Å². The fraction of sp³-hybridized carbons (Fsp3) is 0.375. The van der Waals surface area contributed by atoms with Crippen molar-refractivity contribution in [2.45, 2.75) is 31.8 Å². The lowest BCUT2D eigenvalue weighted by molar-refractivity contribution is 0.803. The zero-order chi connectivity index (χ0) is 15.9. The lowest BCUT2D eigenvalue weighted by Crippen LogP contribution is -2.36. The number of aromatic nitrogens is 1. The number of thiazole rings is 1. The number of hydrogen-bond donors (Lipinski definition) is 2. The fourth-order valence-corrected chi connectivity index (χ4v) is 3.48. The van der Waals surface area contributed by atoms with Crippen LogP contribution >= 0.6 is 47.1 Å². The lowest BCUT2D eigenvalue weighted by Gasteiger charge is -2.13. The first-order valence-electron chi connectivity index (χ1n) is 7.11. The van der Waals surface area contributed by atoms with Gasteiger partial charge in [0.1, 0.15) is 0 Å². The highest BCUT2D eigenvalue weighted by atomic mass is 127. The second kappa shape index (κ2) is 10.1. The quantitative estimate of drug-likeness (QED) is 0.306. The van der Waals surface area contributed by atoms with Gasteiger partial charge in [0.15, 0.2) is 5.96 Å². The molecule has 1 aromatic heterocycles. The minimum atomic E-state index is 0. The summed E-state index contributed by atoms with van der Waals surface area (Å²) in [5.74, 6) is 0.806. The summed E-state index contributed by atoms with van der Waals surface area (Å²) in [6.07, 6.45) is 2.11. The Balaban J connectivity index is 0.00000264. The third-order valence-electron chi connectivity index (χ3n) is 3.37. The van der Waals surface area contributed by atoms with Gasteiger partial charge in [0.25, 0.3) is 0 Å². The van der Waals surface area contributed by atoms with Crippen molar-refractivity contribution >= 4 is 53.0 Å². The van der Waals surface area contributed by atoms with Gasteiger partial charge in [-0.3, -0.25) is 4.99 Å². The predicted octanol–water partition coefficient (Wildman–Crippen LogP) is 3.97. The Labute approximate surface area is 163 Å². The number of benzene rings is 1. The third-order valence-corrected chi connectivity index (χ3v) is 5.13. The molecule has 23 heavy (non-hydrogen) atoms. The van der Waals surface area contributed by atoms with Crippen LogP contribution in [0.25, 0.3) is 0 Å². The van der Waals surface area contributed by atoms with E-state index in [0.29, 0.717) is 0 Å². The molecule has 0 aliphatic heterocycles. The molecule has 0 radical (unpaired) electrons. The summed E-state index contributed by atoms with van der Waals surface area (Å²) in [7, 11) is 1.79. The summed E-state index contributed by atoms with van der Waals surface area (Å²) in [4.78, 5) is 11.1. The largest absolute Gasteiger partial charge is 0.352 e. The summed E-state index contributed by atoms with van der Waals surface area (Å²) in [6.45, 7) is 5.66. The number of aliphatic imine (C=N–C) groups is 1.